The highest BCUT2D eigenvalue weighted by Crippen LogP contribution is 2.38. The number of fused-ring (bicyclic) bond motifs is 2. The van der Waals surface area contributed by atoms with Crippen LogP contribution in [0.4, 0.5) is 18.9 Å². The van der Waals surface area contributed by atoms with Crippen LogP contribution in [-0.2, 0) is 4.79 Å². The molecule has 0 radical (unpaired) electrons. The number of hydrogen-bond donors (Lipinski definition) is 0. The van der Waals surface area contributed by atoms with Crippen molar-refractivity contribution in [1.82, 2.24) is 14.9 Å². The van der Waals surface area contributed by atoms with Crippen LogP contribution in [-0.4, -0.2) is 47.3 Å². The second-order valence-corrected chi connectivity index (χ2v) is 8.28. The van der Waals surface area contributed by atoms with Crippen molar-refractivity contribution in [3.8, 4) is 11.3 Å². The number of rotatable bonds is 4. The van der Waals surface area contributed by atoms with Crippen molar-refractivity contribution in [2.45, 2.75) is 0 Å². The van der Waals surface area contributed by atoms with Crippen molar-refractivity contribution in [3.63, 3.8) is 0 Å². The molecule has 4 aromatic rings. The van der Waals surface area contributed by atoms with Gasteiger partial charge in [-0.25, -0.2) is 18.2 Å². The van der Waals surface area contributed by atoms with Gasteiger partial charge in [0.2, 0.25) is 0 Å². The minimum Gasteiger partial charge on any atom is -0.374 e. The Labute approximate surface area is 198 Å². The van der Waals surface area contributed by atoms with Crippen LogP contribution >= 0.6 is 11.6 Å². The molecule has 0 bridgehead atoms. The van der Waals surface area contributed by atoms with Gasteiger partial charge in [0.15, 0.2) is 11.6 Å². The summed E-state index contributed by atoms with van der Waals surface area (Å²) >= 11 is 6.22. The summed E-state index contributed by atoms with van der Waals surface area (Å²) in [5.41, 5.74) is 0.474. The smallest absolute Gasteiger partial charge is 0.175 e. The highest BCUT2D eigenvalue weighted by molar-refractivity contribution is 6.36. The molecule has 2 aromatic heterocycles. The number of hydrogen-bond acceptors (Lipinski definition) is 5. The molecule has 1 aliphatic rings. The molecule has 0 amide bonds. The number of aromatic nitrogens is 2. The van der Waals surface area contributed by atoms with E-state index >= 15 is 4.39 Å². The third kappa shape index (κ3) is 3.74. The van der Waals surface area contributed by atoms with Gasteiger partial charge in [0.1, 0.15) is 23.3 Å². The molecule has 0 unspecified atom stereocenters. The molecule has 34 heavy (non-hydrogen) atoms. The Morgan fingerprint density at radius 2 is 1.74 bits per heavy atom. The molecule has 1 saturated heterocycles. The Kier molecular flexibility index (Phi) is 5.83. The van der Waals surface area contributed by atoms with E-state index in [0.717, 1.165) is 6.20 Å². The summed E-state index contributed by atoms with van der Waals surface area (Å²) in [6.45, 7) is 2.09. The fourth-order valence-electron chi connectivity index (χ4n) is 4.36. The second-order valence-electron chi connectivity index (χ2n) is 7.90. The normalized spacial score (nSPS) is 14.5. The predicted molar refractivity (Wildman–Crippen MR) is 126 cm³/mol. The number of halogens is 4. The van der Waals surface area contributed by atoms with E-state index in [1.807, 2.05) is 9.80 Å². The van der Waals surface area contributed by atoms with Gasteiger partial charge in [-0.2, -0.15) is 0 Å². The van der Waals surface area contributed by atoms with Crippen molar-refractivity contribution in [3.05, 3.63) is 77.5 Å². The highest BCUT2D eigenvalue weighted by Gasteiger charge is 2.24. The number of pyridine rings is 2. The lowest BCUT2D eigenvalue weighted by Crippen LogP contribution is -2.44. The van der Waals surface area contributed by atoms with Crippen molar-refractivity contribution in [1.29, 1.82) is 0 Å². The van der Waals surface area contributed by atoms with Crippen LogP contribution in [0.5, 0.6) is 0 Å². The number of benzene rings is 2. The highest BCUT2D eigenvalue weighted by atomic mass is 35.5. The van der Waals surface area contributed by atoms with Gasteiger partial charge in [-0.05, 0) is 17.5 Å². The standard InChI is InChI=1S/C25H18ClF3N4O/c26-21-18(27)6-5-15-3-1-4-16(20(15)21)23-22(29)24-17(13-30-23)25(19(28)14-31-24)33-10-8-32(9-11-33)7-2-12-34/h1-7,12-14H,8-11H2. The molecule has 172 valence electrons. The van der Waals surface area contributed by atoms with E-state index in [-0.39, 0.29) is 27.3 Å². The number of carbonyl (C=O) groups is 1. The van der Waals surface area contributed by atoms with Crippen LogP contribution in [0, 0.1) is 17.5 Å². The molecular weight excluding hydrogens is 465 g/mol. The first-order chi connectivity index (χ1) is 16.5. The van der Waals surface area contributed by atoms with Crippen LogP contribution in [0.2, 0.25) is 5.02 Å². The van der Waals surface area contributed by atoms with Gasteiger partial charge in [-0.1, -0.05) is 35.9 Å². The van der Waals surface area contributed by atoms with E-state index in [9.17, 15) is 13.6 Å². The van der Waals surface area contributed by atoms with Gasteiger partial charge < -0.3 is 9.80 Å². The molecule has 1 aliphatic heterocycles. The maximum absolute atomic E-state index is 15.7. The van der Waals surface area contributed by atoms with E-state index < -0.39 is 17.5 Å². The van der Waals surface area contributed by atoms with E-state index in [1.54, 1.807) is 30.5 Å². The van der Waals surface area contributed by atoms with Gasteiger partial charge in [0.05, 0.1) is 16.9 Å². The molecular formula is C25H18ClF3N4O. The number of carbonyl (C=O) groups excluding carboxylic acids is 1. The summed E-state index contributed by atoms with van der Waals surface area (Å²) in [7, 11) is 0. The van der Waals surface area contributed by atoms with E-state index in [0.29, 0.717) is 48.8 Å². The fraction of sp³-hybridized carbons (Fsp3) is 0.160. The van der Waals surface area contributed by atoms with Crippen molar-refractivity contribution in [2.24, 2.45) is 0 Å². The van der Waals surface area contributed by atoms with E-state index in [1.165, 1.54) is 18.3 Å². The topological polar surface area (TPSA) is 49.3 Å². The summed E-state index contributed by atoms with van der Waals surface area (Å²) in [6, 6.07) is 7.89. The van der Waals surface area contributed by atoms with Gasteiger partial charge in [0, 0.05) is 54.9 Å². The Bertz CT molecular complexity index is 1450. The number of piperazine rings is 1. The molecule has 3 heterocycles. The summed E-state index contributed by atoms with van der Waals surface area (Å²) in [5.74, 6) is -1.93. The average molecular weight is 483 g/mol. The van der Waals surface area contributed by atoms with Crippen LogP contribution in [0.15, 0.2) is 55.0 Å². The van der Waals surface area contributed by atoms with Gasteiger partial charge in [-0.15, -0.1) is 0 Å². The Balaban J connectivity index is 1.61. The molecule has 0 aliphatic carbocycles. The zero-order valence-corrected chi connectivity index (χ0v) is 18.6. The lowest BCUT2D eigenvalue weighted by atomic mass is 10.00. The maximum Gasteiger partial charge on any atom is 0.175 e. The van der Waals surface area contributed by atoms with Gasteiger partial charge >= 0.3 is 0 Å². The van der Waals surface area contributed by atoms with E-state index in [2.05, 4.69) is 9.97 Å². The molecule has 0 spiro atoms. The van der Waals surface area contributed by atoms with E-state index in [4.69, 9.17) is 11.6 Å². The Hall–Kier alpha value is -3.65. The van der Waals surface area contributed by atoms with Crippen LogP contribution < -0.4 is 4.90 Å². The first-order valence-corrected chi connectivity index (χ1v) is 11.0. The lowest BCUT2D eigenvalue weighted by Gasteiger charge is -2.36. The summed E-state index contributed by atoms with van der Waals surface area (Å²) in [4.78, 5) is 22.6. The third-order valence-electron chi connectivity index (χ3n) is 5.98. The Morgan fingerprint density at radius 3 is 2.50 bits per heavy atom. The van der Waals surface area contributed by atoms with Crippen LogP contribution in [0.3, 0.4) is 0 Å². The predicted octanol–water partition coefficient (Wildman–Crippen LogP) is 5.36. The molecule has 0 atom stereocenters. The molecule has 2 aromatic carbocycles. The monoisotopic (exact) mass is 482 g/mol. The number of nitrogens with zero attached hydrogens (tertiary/aromatic N) is 4. The largest absolute Gasteiger partial charge is 0.374 e. The number of anilines is 1. The molecule has 9 heteroatoms. The minimum atomic E-state index is -0.737. The van der Waals surface area contributed by atoms with Crippen LogP contribution in [0.1, 0.15) is 0 Å². The second kappa shape index (κ2) is 8.95. The summed E-state index contributed by atoms with van der Waals surface area (Å²) < 4.78 is 44.8. The molecule has 0 N–H and O–H groups in total. The van der Waals surface area contributed by atoms with Gasteiger partial charge in [0.25, 0.3) is 0 Å². The number of aldehydes is 1. The minimum absolute atomic E-state index is 0.0331. The summed E-state index contributed by atoms with van der Waals surface area (Å²) in [5, 5.41) is 1.11. The molecule has 5 rings (SSSR count). The first-order valence-electron chi connectivity index (χ1n) is 10.6. The van der Waals surface area contributed by atoms with Crippen LogP contribution in [0.25, 0.3) is 32.9 Å². The van der Waals surface area contributed by atoms with Gasteiger partial charge in [-0.3, -0.25) is 9.78 Å². The fourth-order valence-corrected chi connectivity index (χ4v) is 4.63. The quantitative estimate of drug-likeness (QED) is 0.290. The molecule has 0 saturated carbocycles. The average Bonchev–Trinajstić information content (AvgIpc) is 2.85. The maximum atomic E-state index is 15.7. The zero-order valence-electron chi connectivity index (χ0n) is 17.8. The first kappa shape index (κ1) is 22.2. The summed E-state index contributed by atoms with van der Waals surface area (Å²) in [6.07, 6.45) is 6.19. The number of allylic oxidation sites excluding steroid dienone is 1. The van der Waals surface area contributed by atoms with Crippen molar-refractivity contribution in [2.75, 3.05) is 31.1 Å². The molecule has 5 nitrogen and oxygen atoms in total. The SMILES string of the molecule is O=CC=CN1CCN(c2c(F)cnc3c(F)c(-c4cccc5ccc(F)c(Cl)c45)ncc23)CC1. The molecule has 1 fully saturated rings. The van der Waals surface area contributed by atoms with Crippen molar-refractivity contribution < 1.29 is 18.0 Å². The lowest BCUT2D eigenvalue weighted by molar-refractivity contribution is -0.104. The zero-order chi connectivity index (χ0) is 23.8. The Morgan fingerprint density at radius 1 is 0.941 bits per heavy atom. The van der Waals surface area contributed by atoms with Crippen molar-refractivity contribution >= 4 is 45.2 Å². The third-order valence-corrected chi connectivity index (χ3v) is 6.35.